The van der Waals surface area contributed by atoms with Gasteiger partial charge in [-0.05, 0) is 25.5 Å². The first kappa shape index (κ1) is 13.1. The summed E-state index contributed by atoms with van der Waals surface area (Å²) in [5.41, 5.74) is 2.73. The van der Waals surface area contributed by atoms with Crippen LogP contribution in [0.25, 0.3) is 10.9 Å². The van der Waals surface area contributed by atoms with E-state index in [1.54, 1.807) is 0 Å². The zero-order valence-corrected chi connectivity index (χ0v) is 12.5. The van der Waals surface area contributed by atoms with Gasteiger partial charge in [-0.25, -0.2) is 4.98 Å². The molecule has 1 saturated heterocycles. The molecule has 4 rings (SSSR count). The Hall–Kier alpha value is -2.56. The van der Waals surface area contributed by atoms with Crippen molar-refractivity contribution in [2.24, 2.45) is 0 Å². The van der Waals surface area contributed by atoms with Gasteiger partial charge in [0.1, 0.15) is 11.5 Å². The average molecular weight is 294 g/mol. The van der Waals surface area contributed by atoms with Gasteiger partial charge in [0, 0.05) is 41.8 Å². The highest BCUT2D eigenvalue weighted by Crippen LogP contribution is 2.26. The average Bonchev–Trinajstić information content (AvgIpc) is 3.24. The van der Waals surface area contributed by atoms with Crippen molar-refractivity contribution in [2.75, 3.05) is 13.1 Å². The number of nitrogens with one attached hydrogen (secondary N) is 2. The van der Waals surface area contributed by atoms with Crippen molar-refractivity contribution >= 4 is 16.8 Å². The Bertz CT molecular complexity index is 799. The summed E-state index contributed by atoms with van der Waals surface area (Å²) in [5, 5.41) is 1.07. The number of hydrogen-bond acceptors (Lipinski definition) is 2. The number of amides is 1. The van der Waals surface area contributed by atoms with Crippen molar-refractivity contribution in [3.05, 3.63) is 53.7 Å². The Kier molecular flexibility index (Phi) is 2.99. The maximum Gasteiger partial charge on any atom is 0.270 e. The molecular formula is C17H18N4O. The van der Waals surface area contributed by atoms with Crippen LogP contribution in [0.1, 0.15) is 34.3 Å². The highest BCUT2D eigenvalue weighted by atomic mass is 16.2. The van der Waals surface area contributed by atoms with Gasteiger partial charge in [0.05, 0.1) is 0 Å². The molecule has 2 N–H and O–H groups in total. The van der Waals surface area contributed by atoms with Crippen LogP contribution >= 0.6 is 0 Å². The minimum atomic E-state index is 0.0713. The Morgan fingerprint density at radius 3 is 2.95 bits per heavy atom. The number of aromatic amines is 2. The lowest BCUT2D eigenvalue weighted by molar-refractivity contribution is 0.0785. The monoisotopic (exact) mass is 294 g/mol. The molecular weight excluding hydrogens is 276 g/mol. The van der Waals surface area contributed by atoms with E-state index in [1.807, 2.05) is 48.4 Å². The number of aryl methyl sites for hydroxylation is 1. The van der Waals surface area contributed by atoms with Gasteiger partial charge < -0.3 is 14.9 Å². The Labute approximate surface area is 128 Å². The number of benzene rings is 1. The van der Waals surface area contributed by atoms with Crippen LogP contribution in [0.5, 0.6) is 0 Å². The number of H-pyrrole nitrogens is 2. The molecule has 3 heterocycles. The van der Waals surface area contributed by atoms with E-state index in [0.29, 0.717) is 11.6 Å². The van der Waals surface area contributed by atoms with Gasteiger partial charge in [-0.1, -0.05) is 18.2 Å². The zero-order valence-electron chi connectivity index (χ0n) is 12.5. The minimum Gasteiger partial charge on any atom is -0.351 e. The number of imidazole rings is 1. The number of hydrogen-bond donors (Lipinski definition) is 2. The predicted molar refractivity (Wildman–Crippen MR) is 84.9 cm³/mol. The van der Waals surface area contributed by atoms with Crippen molar-refractivity contribution in [2.45, 2.75) is 19.3 Å². The van der Waals surface area contributed by atoms with E-state index in [0.717, 1.165) is 41.9 Å². The highest BCUT2D eigenvalue weighted by Gasteiger charge is 2.30. The van der Waals surface area contributed by atoms with Crippen LogP contribution in [0.4, 0.5) is 0 Å². The topological polar surface area (TPSA) is 64.8 Å². The van der Waals surface area contributed by atoms with E-state index in [4.69, 9.17) is 0 Å². The quantitative estimate of drug-likeness (QED) is 0.763. The van der Waals surface area contributed by atoms with Crippen molar-refractivity contribution in [3.8, 4) is 0 Å². The Morgan fingerprint density at radius 2 is 2.18 bits per heavy atom. The third-order valence-electron chi connectivity index (χ3n) is 4.35. The molecule has 0 spiro atoms. The summed E-state index contributed by atoms with van der Waals surface area (Å²) in [7, 11) is 0. The molecule has 5 nitrogen and oxygen atoms in total. The van der Waals surface area contributed by atoms with Gasteiger partial charge in [-0.3, -0.25) is 4.79 Å². The minimum absolute atomic E-state index is 0.0713. The van der Waals surface area contributed by atoms with Crippen molar-refractivity contribution in [1.29, 1.82) is 0 Å². The molecule has 22 heavy (non-hydrogen) atoms. The molecule has 1 atom stereocenters. The zero-order chi connectivity index (χ0) is 15.1. The van der Waals surface area contributed by atoms with Gasteiger partial charge in [-0.15, -0.1) is 0 Å². The molecule has 1 aliphatic rings. The summed E-state index contributed by atoms with van der Waals surface area (Å²) in [5.74, 6) is 1.37. The van der Waals surface area contributed by atoms with Crippen LogP contribution in [0.2, 0.25) is 0 Å². The molecule has 0 unspecified atom stereocenters. The molecule has 2 aromatic heterocycles. The van der Waals surface area contributed by atoms with Gasteiger partial charge in [-0.2, -0.15) is 0 Å². The lowest BCUT2D eigenvalue weighted by Crippen LogP contribution is -2.28. The SMILES string of the molecule is Cc1cnc([C@@H]2CCN(C(=O)c3cc4ccccc4[nH]3)C2)[nH]1. The van der Waals surface area contributed by atoms with E-state index in [1.165, 1.54) is 0 Å². The summed E-state index contributed by atoms with van der Waals surface area (Å²) in [6.07, 6.45) is 2.80. The predicted octanol–water partition coefficient (Wildman–Crippen LogP) is 2.83. The summed E-state index contributed by atoms with van der Waals surface area (Å²) in [4.78, 5) is 25.5. The highest BCUT2D eigenvalue weighted by molar-refractivity contribution is 5.98. The fraction of sp³-hybridized carbons (Fsp3) is 0.294. The van der Waals surface area contributed by atoms with Gasteiger partial charge in [0.25, 0.3) is 5.91 Å². The number of aromatic nitrogens is 3. The summed E-state index contributed by atoms with van der Waals surface area (Å²) >= 11 is 0. The summed E-state index contributed by atoms with van der Waals surface area (Å²) < 4.78 is 0. The van der Waals surface area contributed by atoms with Crippen LogP contribution in [-0.2, 0) is 0 Å². The second-order valence-corrected chi connectivity index (χ2v) is 5.96. The molecule has 112 valence electrons. The second-order valence-electron chi connectivity index (χ2n) is 5.96. The van der Waals surface area contributed by atoms with E-state index < -0.39 is 0 Å². The summed E-state index contributed by atoms with van der Waals surface area (Å²) in [6, 6.07) is 9.89. The van der Waals surface area contributed by atoms with Gasteiger partial charge in [0.15, 0.2) is 0 Å². The normalized spacial score (nSPS) is 18.2. The number of para-hydroxylation sites is 1. The third kappa shape index (κ3) is 2.19. The van der Waals surface area contributed by atoms with E-state index in [9.17, 15) is 4.79 Å². The smallest absolute Gasteiger partial charge is 0.270 e. The number of rotatable bonds is 2. The first-order valence-corrected chi connectivity index (χ1v) is 7.59. The maximum atomic E-state index is 12.7. The van der Waals surface area contributed by atoms with E-state index in [-0.39, 0.29) is 5.91 Å². The first-order chi connectivity index (χ1) is 10.7. The molecule has 1 aromatic carbocycles. The lowest BCUT2D eigenvalue weighted by Gasteiger charge is -2.15. The molecule has 3 aromatic rings. The van der Waals surface area contributed by atoms with Crippen LogP contribution in [-0.4, -0.2) is 38.8 Å². The van der Waals surface area contributed by atoms with Crippen molar-refractivity contribution < 1.29 is 4.79 Å². The standard InChI is InChI=1S/C17H18N4O/c1-11-9-18-16(19-11)13-6-7-21(10-13)17(22)15-8-12-4-2-3-5-14(12)20-15/h2-5,8-9,13,20H,6-7,10H2,1H3,(H,18,19)/t13-/m1/s1. The van der Waals surface area contributed by atoms with Gasteiger partial charge in [0.2, 0.25) is 0 Å². The van der Waals surface area contributed by atoms with Crippen LogP contribution in [0.15, 0.2) is 36.5 Å². The largest absolute Gasteiger partial charge is 0.351 e. The second kappa shape index (κ2) is 5.02. The van der Waals surface area contributed by atoms with Crippen LogP contribution < -0.4 is 0 Å². The number of carbonyl (C=O) groups excluding carboxylic acids is 1. The van der Waals surface area contributed by atoms with Crippen LogP contribution in [0.3, 0.4) is 0 Å². The lowest BCUT2D eigenvalue weighted by atomic mass is 10.1. The first-order valence-electron chi connectivity index (χ1n) is 7.59. The van der Waals surface area contributed by atoms with Crippen molar-refractivity contribution in [1.82, 2.24) is 19.9 Å². The van der Waals surface area contributed by atoms with Crippen molar-refractivity contribution in [3.63, 3.8) is 0 Å². The molecule has 0 bridgehead atoms. The Balaban J connectivity index is 1.53. The molecule has 0 aliphatic carbocycles. The van der Waals surface area contributed by atoms with Gasteiger partial charge >= 0.3 is 0 Å². The maximum absolute atomic E-state index is 12.7. The summed E-state index contributed by atoms with van der Waals surface area (Å²) in [6.45, 7) is 3.50. The molecule has 1 aliphatic heterocycles. The Morgan fingerprint density at radius 1 is 1.32 bits per heavy atom. The fourth-order valence-corrected chi connectivity index (χ4v) is 3.17. The molecule has 1 fully saturated rings. The number of likely N-dealkylation sites (tertiary alicyclic amines) is 1. The molecule has 1 amide bonds. The van der Waals surface area contributed by atoms with E-state index in [2.05, 4.69) is 15.0 Å². The number of fused-ring (bicyclic) bond motifs is 1. The fourth-order valence-electron chi connectivity index (χ4n) is 3.17. The molecule has 0 saturated carbocycles. The van der Waals surface area contributed by atoms with Crippen LogP contribution in [0, 0.1) is 6.92 Å². The number of carbonyl (C=O) groups is 1. The van der Waals surface area contributed by atoms with E-state index >= 15 is 0 Å². The molecule has 5 heteroatoms. The number of nitrogens with zero attached hydrogens (tertiary/aromatic N) is 2. The molecule has 0 radical (unpaired) electrons. The third-order valence-corrected chi connectivity index (χ3v) is 4.35.